The van der Waals surface area contributed by atoms with Crippen molar-refractivity contribution in [3.8, 4) is 11.5 Å². The van der Waals surface area contributed by atoms with Crippen LogP contribution in [0.3, 0.4) is 0 Å². The van der Waals surface area contributed by atoms with Crippen molar-refractivity contribution in [1.82, 2.24) is 10.6 Å². The molecule has 7 heteroatoms. The Kier molecular flexibility index (Phi) is 6.17. The Balaban J connectivity index is 0.00000176. The van der Waals surface area contributed by atoms with Gasteiger partial charge in [-0.15, -0.1) is 12.4 Å². The standard InChI is InChI=1S/C15H19ClN2O3.ClH/c16-12-6-10(7-13-15(12)21-5-4-20-13)9-18-14(19)8-11-2-1-3-17-11;/h6-7,11,17H,1-5,8-9H2,(H,18,19);1H. The molecule has 2 N–H and O–H groups in total. The van der Waals surface area contributed by atoms with E-state index in [2.05, 4.69) is 10.6 Å². The Morgan fingerprint density at radius 3 is 2.95 bits per heavy atom. The van der Waals surface area contributed by atoms with Crippen molar-refractivity contribution < 1.29 is 14.3 Å². The molecule has 0 saturated carbocycles. The maximum Gasteiger partial charge on any atom is 0.221 e. The van der Waals surface area contributed by atoms with E-state index in [1.54, 1.807) is 0 Å². The zero-order valence-electron chi connectivity index (χ0n) is 12.2. The predicted molar refractivity (Wildman–Crippen MR) is 87.2 cm³/mol. The molecule has 22 heavy (non-hydrogen) atoms. The van der Waals surface area contributed by atoms with Crippen molar-refractivity contribution in [2.24, 2.45) is 0 Å². The number of carbonyl (C=O) groups is 1. The van der Waals surface area contributed by atoms with E-state index in [0.717, 1.165) is 24.9 Å². The third kappa shape index (κ3) is 4.18. The summed E-state index contributed by atoms with van der Waals surface area (Å²) in [7, 11) is 0. The molecule has 2 aliphatic rings. The molecule has 1 saturated heterocycles. The van der Waals surface area contributed by atoms with Gasteiger partial charge in [-0.05, 0) is 37.1 Å². The Labute approximate surface area is 141 Å². The molecule has 1 unspecified atom stereocenters. The number of hydrogen-bond donors (Lipinski definition) is 2. The summed E-state index contributed by atoms with van der Waals surface area (Å²) >= 11 is 6.17. The van der Waals surface area contributed by atoms with Gasteiger partial charge in [0.15, 0.2) is 11.5 Å². The number of halogens is 2. The van der Waals surface area contributed by atoms with Crippen molar-refractivity contribution >= 4 is 29.9 Å². The summed E-state index contributed by atoms with van der Waals surface area (Å²) in [6.45, 7) is 2.49. The normalized spacial score (nSPS) is 19.4. The Morgan fingerprint density at radius 1 is 1.36 bits per heavy atom. The molecular weight excluding hydrogens is 327 g/mol. The van der Waals surface area contributed by atoms with Crippen molar-refractivity contribution in [3.63, 3.8) is 0 Å². The van der Waals surface area contributed by atoms with E-state index >= 15 is 0 Å². The first-order valence-corrected chi connectivity index (χ1v) is 7.68. The maximum absolute atomic E-state index is 11.9. The molecular formula is C15H20Cl2N2O3. The maximum atomic E-state index is 11.9. The average molecular weight is 347 g/mol. The Hall–Kier alpha value is -1.17. The fourth-order valence-electron chi connectivity index (χ4n) is 2.69. The van der Waals surface area contributed by atoms with E-state index in [9.17, 15) is 4.79 Å². The molecule has 5 nitrogen and oxygen atoms in total. The van der Waals surface area contributed by atoms with Gasteiger partial charge in [-0.3, -0.25) is 4.79 Å². The van der Waals surface area contributed by atoms with Gasteiger partial charge < -0.3 is 20.1 Å². The highest BCUT2D eigenvalue weighted by molar-refractivity contribution is 6.32. The summed E-state index contributed by atoms with van der Waals surface area (Å²) in [5.74, 6) is 1.30. The lowest BCUT2D eigenvalue weighted by molar-refractivity contribution is -0.121. The number of hydrogen-bond acceptors (Lipinski definition) is 4. The van der Waals surface area contributed by atoms with Gasteiger partial charge in [-0.2, -0.15) is 0 Å². The molecule has 1 atom stereocenters. The number of fused-ring (bicyclic) bond motifs is 1. The van der Waals surface area contributed by atoms with Crippen LogP contribution in [0.4, 0.5) is 0 Å². The van der Waals surface area contributed by atoms with Crippen LogP contribution in [0.25, 0.3) is 0 Å². The lowest BCUT2D eigenvalue weighted by atomic mass is 10.1. The molecule has 1 amide bonds. The summed E-state index contributed by atoms with van der Waals surface area (Å²) in [6, 6.07) is 3.99. The summed E-state index contributed by atoms with van der Waals surface area (Å²) in [6.07, 6.45) is 2.75. The smallest absolute Gasteiger partial charge is 0.221 e. The second kappa shape index (κ2) is 7.90. The molecule has 2 aliphatic heterocycles. The fraction of sp³-hybridized carbons (Fsp3) is 0.533. The van der Waals surface area contributed by atoms with Crippen LogP contribution >= 0.6 is 24.0 Å². The first-order valence-electron chi connectivity index (χ1n) is 7.30. The summed E-state index contributed by atoms with van der Waals surface area (Å²) in [5.41, 5.74) is 0.914. The number of rotatable bonds is 4. The van der Waals surface area contributed by atoms with Crippen LogP contribution in [0.15, 0.2) is 12.1 Å². The largest absolute Gasteiger partial charge is 0.486 e. The summed E-state index contributed by atoms with van der Waals surface area (Å²) in [4.78, 5) is 11.9. The molecule has 122 valence electrons. The third-order valence-corrected chi connectivity index (χ3v) is 4.02. The predicted octanol–water partition coefficient (Wildman–Crippen LogP) is 2.29. The highest BCUT2D eigenvalue weighted by atomic mass is 35.5. The minimum atomic E-state index is 0. The molecule has 1 aromatic rings. The molecule has 1 fully saturated rings. The van der Waals surface area contributed by atoms with Gasteiger partial charge in [-0.25, -0.2) is 0 Å². The number of carbonyl (C=O) groups excluding carboxylic acids is 1. The average Bonchev–Trinajstić information content (AvgIpc) is 2.98. The third-order valence-electron chi connectivity index (χ3n) is 3.74. The van der Waals surface area contributed by atoms with Crippen LogP contribution < -0.4 is 20.1 Å². The minimum absolute atomic E-state index is 0. The molecule has 0 aliphatic carbocycles. The van der Waals surface area contributed by atoms with Crippen LogP contribution in [-0.2, 0) is 11.3 Å². The van der Waals surface area contributed by atoms with Crippen molar-refractivity contribution in [3.05, 3.63) is 22.7 Å². The highest BCUT2D eigenvalue weighted by Crippen LogP contribution is 2.38. The van der Waals surface area contributed by atoms with Gasteiger partial charge in [0.1, 0.15) is 13.2 Å². The SMILES string of the molecule is Cl.O=C(CC1CCCN1)NCc1cc(Cl)c2c(c1)OCCO2. The summed E-state index contributed by atoms with van der Waals surface area (Å²) < 4.78 is 11.0. The topological polar surface area (TPSA) is 59.6 Å². The van der Waals surface area contributed by atoms with Crippen LogP contribution in [0.5, 0.6) is 11.5 Å². The lowest BCUT2D eigenvalue weighted by Crippen LogP contribution is -2.31. The second-order valence-electron chi connectivity index (χ2n) is 5.38. The number of amides is 1. The molecule has 0 bridgehead atoms. The van der Waals surface area contributed by atoms with Crippen LogP contribution in [-0.4, -0.2) is 31.7 Å². The van der Waals surface area contributed by atoms with Crippen LogP contribution in [0.1, 0.15) is 24.8 Å². The zero-order chi connectivity index (χ0) is 14.7. The van der Waals surface area contributed by atoms with Crippen LogP contribution in [0.2, 0.25) is 5.02 Å². The second-order valence-corrected chi connectivity index (χ2v) is 5.78. The van der Waals surface area contributed by atoms with Gasteiger partial charge in [0.2, 0.25) is 5.91 Å². The molecule has 0 radical (unpaired) electrons. The molecule has 2 heterocycles. The van der Waals surface area contributed by atoms with Crippen molar-refractivity contribution in [2.45, 2.75) is 31.8 Å². The monoisotopic (exact) mass is 346 g/mol. The van der Waals surface area contributed by atoms with Gasteiger partial charge in [0.25, 0.3) is 0 Å². The fourth-order valence-corrected chi connectivity index (χ4v) is 2.98. The Morgan fingerprint density at radius 2 is 2.18 bits per heavy atom. The van der Waals surface area contributed by atoms with E-state index in [0.29, 0.717) is 48.7 Å². The van der Waals surface area contributed by atoms with Crippen LogP contribution in [0, 0.1) is 0 Å². The van der Waals surface area contributed by atoms with E-state index in [4.69, 9.17) is 21.1 Å². The van der Waals surface area contributed by atoms with E-state index < -0.39 is 0 Å². The highest BCUT2D eigenvalue weighted by Gasteiger charge is 2.19. The van der Waals surface area contributed by atoms with Gasteiger partial charge in [0.05, 0.1) is 5.02 Å². The van der Waals surface area contributed by atoms with E-state index in [-0.39, 0.29) is 18.3 Å². The minimum Gasteiger partial charge on any atom is -0.486 e. The van der Waals surface area contributed by atoms with E-state index in [1.807, 2.05) is 12.1 Å². The number of benzene rings is 1. The van der Waals surface area contributed by atoms with Gasteiger partial charge in [0, 0.05) is 19.0 Å². The lowest BCUT2D eigenvalue weighted by Gasteiger charge is -2.20. The van der Waals surface area contributed by atoms with Gasteiger partial charge >= 0.3 is 0 Å². The van der Waals surface area contributed by atoms with Gasteiger partial charge in [-0.1, -0.05) is 11.6 Å². The van der Waals surface area contributed by atoms with Crippen molar-refractivity contribution in [1.29, 1.82) is 0 Å². The number of ether oxygens (including phenoxy) is 2. The molecule has 0 aromatic heterocycles. The molecule has 0 spiro atoms. The zero-order valence-corrected chi connectivity index (χ0v) is 13.8. The molecule has 3 rings (SSSR count). The quantitative estimate of drug-likeness (QED) is 0.878. The van der Waals surface area contributed by atoms with Crippen molar-refractivity contribution in [2.75, 3.05) is 19.8 Å². The first-order chi connectivity index (χ1) is 10.2. The number of nitrogens with one attached hydrogen (secondary N) is 2. The first kappa shape index (κ1) is 17.2. The Bertz CT molecular complexity index is 534. The summed E-state index contributed by atoms with van der Waals surface area (Å²) in [5, 5.41) is 6.77. The van der Waals surface area contributed by atoms with E-state index in [1.165, 1.54) is 0 Å². The molecule has 1 aromatic carbocycles.